The van der Waals surface area contributed by atoms with Gasteiger partial charge in [-0.15, -0.1) is 0 Å². The van der Waals surface area contributed by atoms with Gasteiger partial charge in [-0.2, -0.15) is 0 Å². The Hall–Kier alpha value is -1.34. The standard InChI is InChI=1S/C17H22O3/c18-10-3-1-6-15-7-5-8-16(12-15)13-19-14-17-9-2-4-11-20-17/h5,7-8,12,17-18H,2-4,9-11,13-14H2. The molecule has 0 aromatic heterocycles. The topological polar surface area (TPSA) is 38.7 Å². The third kappa shape index (κ3) is 5.34. The minimum Gasteiger partial charge on any atom is -0.395 e. The average Bonchev–Trinajstić information content (AvgIpc) is 2.49. The third-order valence-corrected chi connectivity index (χ3v) is 3.24. The molecule has 1 aromatic carbocycles. The SMILES string of the molecule is OCCC#Cc1cccc(COCC2CCCCO2)c1. The molecule has 1 aliphatic rings. The van der Waals surface area contributed by atoms with E-state index < -0.39 is 0 Å². The highest BCUT2D eigenvalue weighted by Crippen LogP contribution is 2.14. The first-order chi connectivity index (χ1) is 9.88. The predicted molar refractivity (Wildman–Crippen MR) is 78.3 cm³/mol. The summed E-state index contributed by atoms with van der Waals surface area (Å²) in [5.74, 6) is 5.96. The summed E-state index contributed by atoms with van der Waals surface area (Å²) in [5, 5.41) is 8.70. The molecule has 1 aromatic rings. The smallest absolute Gasteiger partial charge is 0.0808 e. The Bertz CT molecular complexity index is 453. The van der Waals surface area contributed by atoms with Crippen molar-refractivity contribution in [2.75, 3.05) is 19.8 Å². The maximum Gasteiger partial charge on any atom is 0.0808 e. The molecule has 0 spiro atoms. The Morgan fingerprint density at radius 3 is 3.10 bits per heavy atom. The summed E-state index contributed by atoms with van der Waals surface area (Å²) in [7, 11) is 0. The lowest BCUT2D eigenvalue weighted by Crippen LogP contribution is -2.24. The van der Waals surface area contributed by atoms with Crippen molar-refractivity contribution >= 4 is 0 Å². The van der Waals surface area contributed by atoms with Gasteiger partial charge in [-0.1, -0.05) is 24.0 Å². The van der Waals surface area contributed by atoms with Crippen molar-refractivity contribution in [2.45, 2.75) is 38.4 Å². The summed E-state index contributed by atoms with van der Waals surface area (Å²) in [6.45, 7) is 2.23. The van der Waals surface area contributed by atoms with Crippen LogP contribution in [0.25, 0.3) is 0 Å². The Morgan fingerprint density at radius 2 is 2.30 bits per heavy atom. The molecule has 0 amide bonds. The van der Waals surface area contributed by atoms with Crippen molar-refractivity contribution in [1.29, 1.82) is 0 Å². The van der Waals surface area contributed by atoms with E-state index in [0.717, 1.165) is 24.2 Å². The Kier molecular flexibility index (Phi) is 6.59. The van der Waals surface area contributed by atoms with Crippen LogP contribution >= 0.6 is 0 Å². The monoisotopic (exact) mass is 274 g/mol. The molecule has 3 heteroatoms. The summed E-state index contributed by atoms with van der Waals surface area (Å²) >= 11 is 0. The van der Waals surface area contributed by atoms with Crippen LogP contribution in [-0.4, -0.2) is 31.0 Å². The molecule has 20 heavy (non-hydrogen) atoms. The molecule has 0 bridgehead atoms. The van der Waals surface area contributed by atoms with E-state index >= 15 is 0 Å². The molecule has 3 nitrogen and oxygen atoms in total. The maximum absolute atomic E-state index is 8.70. The largest absolute Gasteiger partial charge is 0.395 e. The normalized spacial score (nSPS) is 18.4. The van der Waals surface area contributed by atoms with E-state index in [-0.39, 0.29) is 12.7 Å². The van der Waals surface area contributed by atoms with Gasteiger partial charge >= 0.3 is 0 Å². The van der Waals surface area contributed by atoms with Gasteiger partial charge < -0.3 is 14.6 Å². The van der Waals surface area contributed by atoms with Crippen molar-refractivity contribution in [3.8, 4) is 11.8 Å². The van der Waals surface area contributed by atoms with E-state index in [9.17, 15) is 0 Å². The van der Waals surface area contributed by atoms with E-state index in [2.05, 4.69) is 11.8 Å². The number of benzene rings is 1. The van der Waals surface area contributed by atoms with Crippen LogP contribution < -0.4 is 0 Å². The molecule has 1 aliphatic heterocycles. The molecule has 1 unspecified atom stereocenters. The van der Waals surface area contributed by atoms with Crippen LogP contribution in [0.4, 0.5) is 0 Å². The van der Waals surface area contributed by atoms with Crippen LogP contribution in [-0.2, 0) is 16.1 Å². The third-order valence-electron chi connectivity index (χ3n) is 3.24. The highest BCUT2D eigenvalue weighted by Gasteiger charge is 2.13. The fraction of sp³-hybridized carbons (Fsp3) is 0.529. The number of aliphatic hydroxyl groups is 1. The van der Waals surface area contributed by atoms with E-state index in [1.807, 2.05) is 24.3 Å². The number of ether oxygens (including phenoxy) is 2. The second kappa shape index (κ2) is 8.76. The van der Waals surface area contributed by atoms with E-state index in [1.54, 1.807) is 0 Å². The van der Waals surface area contributed by atoms with Crippen LogP contribution in [0.1, 0.15) is 36.8 Å². The van der Waals surface area contributed by atoms with Crippen LogP contribution in [0.3, 0.4) is 0 Å². The first kappa shape index (κ1) is 15.1. The fourth-order valence-corrected chi connectivity index (χ4v) is 2.21. The maximum atomic E-state index is 8.70. The van der Waals surface area contributed by atoms with E-state index in [0.29, 0.717) is 19.6 Å². The zero-order chi connectivity index (χ0) is 14.0. The lowest BCUT2D eigenvalue weighted by Gasteiger charge is -2.22. The zero-order valence-corrected chi connectivity index (χ0v) is 11.8. The van der Waals surface area contributed by atoms with Crippen LogP contribution in [0, 0.1) is 11.8 Å². The summed E-state index contributed by atoms with van der Waals surface area (Å²) in [5.41, 5.74) is 2.09. The lowest BCUT2D eigenvalue weighted by molar-refractivity contribution is -0.0447. The fourth-order valence-electron chi connectivity index (χ4n) is 2.21. The molecule has 2 rings (SSSR count). The average molecular weight is 274 g/mol. The summed E-state index contributed by atoms with van der Waals surface area (Å²) in [6, 6.07) is 8.03. The zero-order valence-electron chi connectivity index (χ0n) is 11.8. The minimum absolute atomic E-state index is 0.108. The van der Waals surface area contributed by atoms with Gasteiger partial charge in [0.05, 0.1) is 25.9 Å². The summed E-state index contributed by atoms with van der Waals surface area (Å²) in [4.78, 5) is 0. The second-order valence-electron chi connectivity index (χ2n) is 4.98. The molecule has 1 fully saturated rings. The van der Waals surface area contributed by atoms with E-state index in [4.69, 9.17) is 14.6 Å². The molecular weight excluding hydrogens is 252 g/mol. The number of rotatable bonds is 5. The first-order valence-electron chi connectivity index (χ1n) is 7.26. The van der Waals surface area contributed by atoms with Gasteiger partial charge in [0.2, 0.25) is 0 Å². The molecular formula is C17H22O3. The molecule has 1 atom stereocenters. The lowest BCUT2D eigenvalue weighted by atomic mass is 10.1. The molecule has 1 N–H and O–H groups in total. The Labute approximate surface area is 120 Å². The number of hydrogen-bond acceptors (Lipinski definition) is 3. The van der Waals surface area contributed by atoms with Crippen molar-refractivity contribution in [2.24, 2.45) is 0 Å². The highest BCUT2D eigenvalue weighted by atomic mass is 16.5. The van der Waals surface area contributed by atoms with E-state index in [1.165, 1.54) is 12.8 Å². The quantitative estimate of drug-likeness (QED) is 0.839. The second-order valence-corrected chi connectivity index (χ2v) is 4.98. The molecule has 0 radical (unpaired) electrons. The first-order valence-corrected chi connectivity index (χ1v) is 7.26. The van der Waals surface area contributed by atoms with Crippen molar-refractivity contribution in [1.82, 2.24) is 0 Å². The summed E-state index contributed by atoms with van der Waals surface area (Å²) in [6.07, 6.45) is 4.29. The van der Waals surface area contributed by atoms with Gasteiger partial charge in [-0.25, -0.2) is 0 Å². The van der Waals surface area contributed by atoms with Crippen molar-refractivity contribution < 1.29 is 14.6 Å². The molecule has 108 valence electrons. The minimum atomic E-state index is 0.108. The van der Waals surface area contributed by atoms with Gasteiger partial charge in [-0.3, -0.25) is 0 Å². The predicted octanol–water partition coefficient (Wildman–Crippen LogP) is 2.51. The highest BCUT2D eigenvalue weighted by molar-refractivity contribution is 5.36. The van der Waals surface area contributed by atoms with Crippen molar-refractivity contribution in [3.63, 3.8) is 0 Å². The van der Waals surface area contributed by atoms with Gasteiger partial charge in [0.15, 0.2) is 0 Å². The number of hydrogen-bond donors (Lipinski definition) is 1. The Balaban J connectivity index is 1.77. The van der Waals surface area contributed by atoms with Crippen LogP contribution in [0.2, 0.25) is 0 Å². The molecule has 1 saturated heterocycles. The van der Waals surface area contributed by atoms with Crippen LogP contribution in [0.15, 0.2) is 24.3 Å². The van der Waals surface area contributed by atoms with Gasteiger partial charge in [-0.05, 0) is 37.0 Å². The van der Waals surface area contributed by atoms with Gasteiger partial charge in [0.25, 0.3) is 0 Å². The molecule has 0 aliphatic carbocycles. The Morgan fingerprint density at radius 1 is 1.35 bits per heavy atom. The van der Waals surface area contributed by atoms with Gasteiger partial charge in [0, 0.05) is 18.6 Å². The molecule has 1 heterocycles. The van der Waals surface area contributed by atoms with Crippen molar-refractivity contribution in [3.05, 3.63) is 35.4 Å². The number of aliphatic hydroxyl groups excluding tert-OH is 1. The molecule has 0 saturated carbocycles. The summed E-state index contributed by atoms with van der Waals surface area (Å²) < 4.78 is 11.4. The van der Waals surface area contributed by atoms with Crippen LogP contribution in [0.5, 0.6) is 0 Å². The van der Waals surface area contributed by atoms with Gasteiger partial charge in [0.1, 0.15) is 0 Å².